The molecule has 0 bridgehead atoms. The van der Waals surface area contributed by atoms with Gasteiger partial charge in [0, 0.05) is 32.8 Å². The molecule has 1 rings (SSSR count). The van der Waals surface area contributed by atoms with Gasteiger partial charge in [-0.1, -0.05) is 0 Å². The van der Waals surface area contributed by atoms with Gasteiger partial charge in [-0.05, 0) is 46.5 Å². The third-order valence-corrected chi connectivity index (χ3v) is 3.60. The molecule has 134 valence electrons. The molecule has 1 unspecified atom stereocenters. The average molecular weight is 328 g/mol. The predicted octanol–water partition coefficient (Wildman–Crippen LogP) is 1.57. The van der Waals surface area contributed by atoms with Crippen LogP contribution < -0.4 is 11.1 Å². The van der Waals surface area contributed by atoms with Gasteiger partial charge in [-0.3, -0.25) is 4.99 Å². The molecule has 0 aromatic rings. The van der Waals surface area contributed by atoms with Gasteiger partial charge in [0.1, 0.15) is 5.60 Å². The molecule has 23 heavy (non-hydrogen) atoms. The summed E-state index contributed by atoms with van der Waals surface area (Å²) in [5.74, 6) is 0.899. The number of nitrogens with one attached hydrogen (secondary N) is 1. The second-order valence-electron chi connectivity index (χ2n) is 7.14. The molecule has 7 heteroatoms. The summed E-state index contributed by atoms with van der Waals surface area (Å²) in [4.78, 5) is 18.2. The standard InChI is InChI=1S/C16H32N4O3/c1-12(11-22-5)19-14(17)18-10-13-6-8-20(9-7-13)15(21)23-16(2,3)4/h12-13H,6-11H2,1-5H3,(H3,17,18,19). The van der Waals surface area contributed by atoms with Crippen molar-refractivity contribution >= 4 is 12.1 Å². The van der Waals surface area contributed by atoms with Crippen LogP contribution in [0.4, 0.5) is 4.79 Å². The van der Waals surface area contributed by atoms with Crippen molar-refractivity contribution in [3.8, 4) is 0 Å². The van der Waals surface area contributed by atoms with Crippen LogP contribution in [0.5, 0.6) is 0 Å². The number of amides is 1. The van der Waals surface area contributed by atoms with E-state index in [4.69, 9.17) is 15.2 Å². The van der Waals surface area contributed by atoms with E-state index in [1.165, 1.54) is 0 Å². The van der Waals surface area contributed by atoms with Gasteiger partial charge in [0.25, 0.3) is 0 Å². The van der Waals surface area contributed by atoms with Crippen molar-refractivity contribution in [3.05, 3.63) is 0 Å². The smallest absolute Gasteiger partial charge is 0.410 e. The Hall–Kier alpha value is -1.50. The molecule has 1 saturated heterocycles. The first-order valence-electron chi connectivity index (χ1n) is 8.24. The van der Waals surface area contributed by atoms with Gasteiger partial charge in [-0.2, -0.15) is 0 Å². The molecule has 0 spiro atoms. The van der Waals surface area contributed by atoms with E-state index in [0.717, 1.165) is 12.8 Å². The van der Waals surface area contributed by atoms with Crippen molar-refractivity contribution in [2.45, 2.75) is 52.2 Å². The van der Waals surface area contributed by atoms with Gasteiger partial charge in [0.05, 0.1) is 6.61 Å². The molecule has 1 atom stereocenters. The third-order valence-electron chi connectivity index (χ3n) is 3.60. The van der Waals surface area contributed by atoms with Crippen LogP contribution in [0, 0.1) is 5.92 Å². The zero-order valence-electron chi connectivity index (χ0n) is 15.1. The molecule has 1 aliphatic rings. The Balaban J connectivity index is 2.32. The minimum atomic E-state index is -0.447. The number of carbonyl (C=O) groups is 1. The molecule has 0 radical (unpaired) electrons. The van der Waals surface area contributed by atoms with E-state index in [-0.39, 0.29) is 12.1 Å². The molecule has 1 heterocycles. The zero-order valence-corrected chi connectivity index (χ0v) is 15.1. The topological polar surface area (TPSA) is 89.2 Å². The van der Waals surface area contributed by atoms with Gasteiger partial charge in [-0.25, -0.2) is 4.79 Å². The van der Waals surface area contributed by atoms with E-state index in [1.807, 2.05) is 27.7 Å². The molecule has 7 nitrogen and oxygen atoms in total. The van der Waals surface area contributed by atoms with Crippen molar-refractivity contribution in [3.63, 3.8) is 0 Å². The quantitative estimate of drug-likeness (QED) is 0.591. The molecule has 1 fully saturated rings. The van der Waals surface area contributed by atoms with Gasteiger partial charge >= 0.3 is 6.09 Å². The summed E-state index contributed by atoms with van der Waals surface area (Å²) in [6, 6.07) is 0.137. The fraction of sp³-hybridized carbons (Fsp3) is 0.875. The number of nitrogens with zero attached hydrogens (tertiary/aromatic N) is 2. The third kappa shape index (κ3) is 8.06. The van der Waals surface area contributed by atoms with E-state index >= 15 is 0 Å². The summed E-state index contributed by atoms with van der Waals surface area (Å²) in [6.07, 6.45) is 1.61. The number of ether oxygens (including phenoxy) is 2. The fourth-order valence-corrected chi connectivity index (χ4v) is 2.44. The average Bonchev–Trinajstić information content (AvgIpc) is 2.44. The molecule has 0 aromatic heterocycles. The van der Waals surface area contributed by atoms with Crippen molar-refractivity contribution in [2.75, 3.05) is 33.4 Å². The monoisotopic (exact) mass is 328 g/mol. The number of guanidine groups is 1. The van der Waals surface area contributed by atoms with Crippen molar-refractivity contribution in [1.29, 1.82) is 0 Å². The van der Waals surface area contributed by atoms with Crippen LogP contribution in [0.25, 0.3) is 0 Å². The van der Waals surface area contributed by atoms with E-state index in [0.29, 0.717) is 38.1 Å². The van der Waals surface area contributed by atoms with Crippen LogP contribution in [0.1, 0.15) is 40.5 Å². The summed E-state index contributed by atoms with van der Waals surface area (Å²) >= 11 is 0. The number of likely N-dealkylation sites (tertiary alicyclic amines) is 1. The normalized spacial score (nSPS) is 18.7. The summed E-state index contributed by atoms with van der Waals surface area (Å²) in [5.41, 5.74) is 5.42. The minimum absolute atomic E-state index is 0.137. The maximum atomic E-state index is 12.0. The molecule has 0 aromatic carbocycles. The lowest BCUT2D eigenvalue weighted by Crippen LogP contribution is -2.43. The number of piperidine rings is 1. The highest BCUT2D eigenvalue weighted by molar-refractivity contribution is 5.78. The Labute approximate surface area is 139 Å². The number of nitrogens with two attached hydrogens (primary N) is 1. The maximum Gasteiger partial charge on any atom is 0.410 e. The lowest BCUT2D eigenvalue weighted by Gasteiger charge is -2.33. The molecule has 0 saturated carbocycles. The Kier molecular flexibility index (Phi) is 7.61. The van der Waals surface area contributed by atoms with Gasteiger partial charge in [0.15, 0.2) is 5.96 Å². The molecule has 1 aliphatic heterocycles. The maximum absolute atomic E-state index is 12.0. The Morgan fingerprint density at radius 1 is 1.39 bits per heavy atom. The molecular weight excluding hydrogens is 296 g/mol. The van der Waals surface area contributed by atoms with E-state index in [9.17, 15) is 4.79 Å². The summed E-state index contributed by atoms with van der Waals surface area (Å²) in [6.45, 7) is 10.3. The SMILES string of the molecule is COCC(C)NC(N)=NCC1CCN(C(=O)OC(C)(C)C)CC1. The Morgan fingerprint density at radius 3 is 2.52 bits per heavy atom. The van der Waals surface area contributed by atoms with Gasteiger partial charge in [0.2, 0.25) is 0 Å². The van der Waals surface area contributed by atoms with Crippen LogP contribution >= 0.6 is 0 Å². The summed E-state index contributed by atoms with van der Waals surface area (Å²) in [5, 5.41) is 3.09. The summed E-state index contributed by atoms with van der Waals surface area (Å²) < 4.78 is 10.4. The number of hydrogen-bond acceptors (Lipinski definition) is 4. The van der Waals surface area contributed by atoms with Gasteiger partial charge < -0.3 is 25.4 Å². The molecule has 3 N–H and O–H groups in total. The number of hydrogen-bond donors (Lipinski definition) is 2. The van der Waals surface area contributed by atoms with Crippen LogP contribution in [0.2, 0.25) is 0 Å². The first kappa shape index (κ1) is 19.5. The predicted molar refractivity (Wildman–Crippen MR) is 91.5 cm³/mol. The number of rotatable bonds is 5. The lowest BCUT2D eigenvalue weighted by atomic mass is 9.97. The van der Waals surface area contributed by atoms with Crippen LogP contribution in [-0.2, 0) is 9.47 Å². The highest BCUT2D eigenvalue weighted by Gasteiger charge is 2.26. The highest BCUT2D eigenvalue weighted by atomic mass is 16.6. The van der Waals surface area contributed by atoms with Gasteiger partial charge in [-0.15, -0.1) is 0 Å². The largest absolute Gasteiger partial charge is 0.444 e. The van der Waals surface area contributed by atoms with Crippen molar-refractivity contribution in [2.24, 2.45) is 16.6 Å². The lowest BCUT2D eigenvalue weighted by molar-refractivity contribution is 0.0187. The molecule has 1 amide bonds. The van der Waals surface area contributed by atoms with Crippen LogP contribution in [-0.4, -0.2) is 61.9 Å². The van der Waals surface area contributed by atoms with E-state index < -0.39 is 5.60 Å². The fourth-order valence-electron chi connectivity index (χ4n) is 2.44. The van der Waals surface area contributed by atoms with Crippen LogP contribution in [0.3, 0.4) is 0 Å². The number of carbonyl (C=O) groups excluding carboxylic acids is 1. The zero-order chi connectivity index (χ0) is 17.5. The van der Waals surface area contributed by atoms with Crippen molar-refractivity contribution in [1.82, 2.24) is 10.2 Å². The van der Waals surface area contributed by atoms with Crippen LogP contribution in [0.15, 0.2) is 4.99 Å². The Bertz CT molecular complexity index is 399. The first-order valence-corrected chi connectivity index (χ1v) is 8.24. The minimum Gasteiger partial charge on any atom is -0.444 e. The molecule has 0 aliphatic carbocycles. The molecular formula is C16H32N4O3. The second kappa shape index (κ2) is 8.96. The Morgan fingerprint density at radius 2 is 2.00 bits per heavy atom. The van der Waals surface area contributed by atoms with E-state index in [2.05, 4.69) is 10.3 Å². The summed E-state index contributed by atoms with van der Waals surface area (Å²) in [7, 11) is 1.66. The van der Waals surface area contributed by atoms with Crippen molar-refractivity contribution < 1.29 is 14.3 Å². The second-order valence-corrected chi connectivity index (χ2v) is 7.14. The number of aliphatic imine (C=N–C) groups is 1. The number of methoxy groups -OCH3 is 1. The van der Waals surface area contributed by atoms with E-state index in [1.54, 1.807) is 12.0 Å². The highest BCUT2D eigenvalue weighted by Crippen LogP contribution is 2.19. The first-order chi connectivity index (χ1) is 10.7.